The SMILES string of the molecule is CCCOc1ccc(C2CC(=O)c3ccccc3O2)cc1. The molecular weight excluding hydrogens is 264 g/mol. The average Bonchev–Trinajstić information content (AvgIpc) is 2.53. The van der Waals surface area contributed by atoms with Gasteiger partial charge in [-0.1, -0.05) is 31.2 Å². The van der Waals surface area contributed by atoms with E-state index in [1.165, 1.54) is 0 Å². The molecular formula is C18H18O3. The Kier molecular flexibility index (Phi) is 3.91. The summed E-state index contributed by atoms with van der Waals surface area (Å²) < 4.78 is 11.5. The number of hydrogen-bond donors (Lipinski definition) is 0. The maximum Gasteiger partial charge on any atom is 0.170 e. The minimum Gasteiger partial charge on any atom is -0.494 e. The Bertz CT molecular complexity index is 631. The number of carbonyl (C=O) groups is 1. The Labute approximate surface area is 124 Å². The molecule has 1 unspecified atom stereocenters. The molecule has 3 nitrogen and oxygen atoms in total. The van der Waals surface area contributed by atoms with Crippen molar-refractivity contribution in [1.29, 1.82) is 0 Å². The molecule has 2 aromatic carbocycles. The first-order valence-corrected chi connectivity index (χ1v) is 7.29. The van der Waals surface area contributed by atoms with E-state index in [1.807, 2.05) is 48.5 Å². The minimum atomic E-state index is -0.215. The van der Waals surface area contributed by atoms with Crippen LogP contribution in [0.4, 0.5) is 0 Å². The van der Waals surface area contributed by atoms with Crippen molar-refractivity contribution >= 4 is 5.78 Å². The fraction of sp³-hybridized carbons (Fsp3) is 0.278. The van der Waals surface area contributed by atoms with Crippen LogP contribution in [0.2, 0.25) is 0 Å². The number of ether oxygens (including phenoxy) is 2. The Morgan fingerprint density at radius 2 is 1.90 bits per heavy atom. The predicted molar refractivity (Wildman–Crippen MR) is 81.0 cm³/mol. The number of benzene rings is 2. The fourth-order valence-corrected chi connectivity index (χ4v) is 2.46. The lowest BCUT2D eigenvalue weighted by Gasteiger charge is -2.25. The molecule has 3 heteroatoms. The largest absolute Gasteiger partial charge is 0.494 e. The second-order valence-corrected chi connectivity index (χ2v) is 5.15. The van der Waals surface area contributed by atoms with Crippen LogP contribution in [0.5, 0.6) is 11.5 Å². The van der Waals surface area contributed by atoms with Gasteiger partial charge in [-0.3, -0.25) is 4.79 Å². The van der Waals surface area contributed by atoms with Gasteiger partial charge in [0.1, 0.15) is 17.6 Å². The molecule has 1 atom stereocenters. The monoisotopic (exact) mass is 282 g/mol. The van der Waals surface area contributed by atoms with E-state index in [4.69, 9.17) is 9.47 Å². The second-order valence-electron chi connectivity index (χ2n) is 5.15. The summed E-state index contributed by atoms with van der Waals surface area (Å²) in [6.45, 7) is 2.79. The number of para-hydroxylation sites is 1. The molecule has 0 saturated carbocycles. The van der Waals surface area contributed by atoms with Crippen LogP contribution in [-0.2, 0) is 0 Å². The molecule has 1 aliphatic rings. The van der Waals surface area contributed by atoms with Gasteiger partial charge in [0.2, 0.25) is 0 Å². The van der Waals surface area contributed by atoms with Gasteiger partial charge in [-0.2, -0.15) is 0 Å². The van der Waals surface area contributed by atoms with Crippen LogP contribution in [0.3, 0.4) is 0 Å². The maximum absolute atomic E-state index is 12.2. The first kappa shape index (κ1) is 13.7. The topological polar surface area (TPSA) is 35.5 Å². The Morgan fingerprint density at radius 3 is 2.67 bits per heavy atom. The zero-order chi connectivity index (χ0) is 14.7. The highest BCUT2D eigenvalue weighted by molar-refractivity contribution is 5.99. The van der Waals surface area contributed by atoms with Crippen molar-refractivity contribution in [3.63, 3.8) is 0 Å². The van der Waals surface area contributed by atoms with Crippen molar-refractivity contribution in [3.05, 3.63) is 59.7 Å². The van der Waals surface area contributed by atoms with Gasteiger partial charge < -0.3 is 9.47 Å². The molecule has 21 heavy (non-hydrogen) atoms. The molecule has 0 saturated heterocycles. The molecule has 3 rings (SSSR count). The van der Waals surface area contributed by atoms with E-state index in [0.717, 1.165) is 17.7 Å². The Hall–Kier alpha value is -2.29. The molecule has 0 bridgehead atoms. The zero-order valence-corrected chi connectivity index (χ0v) is 12.0. The van der Waals surface area contributed by atoms with Gasteiger partial charge in [0.25, 0.3) is 0 Å². The van der Waals surface area contributed by atoms with Gasteiger partial charge in [0, 0.05) is 0 Å². The number of Topliss-reactive ketones (excluding diaryl/α,β-unsaturated/α-hetero) is 1. The van der Waals surface area contributed by atoms with Crippen LogP contribution >= 0.6 is 0 Å². The lowest BCUT2D eigenvalue weighted by atomic mass is 9.96. The third kappa shape index (κ3) is 2.92. The van der Waals surface area contributed by atoms with Crippen LogP contribution in [-0.4, -0.2) is 12.4 Å². The van der Waals surface area contributed by atoms with E-state index < -0.39 is 0 Å². The maximum atomic E-state index is 12.2. The minimum absolute atomic E-state index is 0.133. The van der Waals surface area contributed by atoms with E-state index in [9.17, 15) is 4.79 Å². The summed E-state index contributed by atoms with van der Waals surface area (Å²) in [5, 5.41) is 0. The molecule has 0 N–H and O–H groups in total. The molecule has 1 aliphatic heterocycles. The van der Waals surface area contributed by atoms with Crippen molar-refractivity contribution < 1.29 is 14.3 Å². The van der Waals surface area contributed by atoms with Crippen LogP contribution in [0.15, 0.2) is 48.5 Å². The van der Waals surface area contributed by atoms with E-state index in [2.05, 4.69) is 6.92 Å². The average molecular weight is 282 g/mol. The van der Waals surface area contributed by atoms with Crippen molar-refractivity contribution in [2.24, 2.45) is 0 Å². The quantitative estimate of drug-likeness (QED) is 0.843. The van der Waals surface area contributed by atoms with Crippen molar-refractivity contribution in [2.45, 2.75) is 25.9 Å². The van der Waals surface area contributed by atoms with E-state index in [1.54, 1.807) is 0 Å². The van der Waals surface area contributed by atoms with Crippen LogP contribution < -0.4 is 9.47 Å². The van der Waals surface area contributed by atoms with Crippen LogP contribution in [0.25, 0.3) is 0 Å². The van der Waals surface area contributed by atoms with E-state index >= 15 is 0 Å². The zero-order valence-electron chi connectivity index (χ0n) is 12.0. The number of hydrogen-bond acceptors (Lipinski definition) is 3. The standard InChI is InChI=1S/C18H18O3/c1-2-11-20-14-9-7-13(8-10-14)18-12-16(19)15-5-3-4-6-17(15)21-18/h3-10,18H,2,11-12H2,1H3. The summed E-state index contributed by atoms with van der Waals surface area (Å²) in [4.78, 5) is 12.2. The summed E-state index contributed by atoms with van der Waals surface area (Å²) in [7, 11) is 0. The van der Waals surface area contributed by atoms with Gasteiger partial charge in [0.15, 0.2) is 5.78 Å². The van der Waals surface area contributed by atoms with Crippen LogP contribution in [0, 0.1) is 0 Å². The summed E-state index contributed by atoms with van der Waals surface area (Å²) in [5.41, 5.74) is 1.68. The summed E-state index contributed by atoms with van der Waals surface area (Å²) in [5.74, 6) is 1.65. The van der Waals surface area contributed by atoms with Gasteiger partial charge in [0.05, 0.1) is 18.6 Å². The molecule has 0 aliphatic carbocycles. The fourth-order valence-electron chi connectivity index (χ4n) is 2.46. The van der Waals surface area contributed by atoms with Crippen molar-refractivity contribution in [1.82, 2.24) is 0 Å². The summed E-state index contributed by atoms with van der Waals surface area (Å²) in [6.07, 6.45) is 1.15. The number of rotatable bonds is 4. The smallest absolute Gasteiger partial charge is 0.170 e. The molecule has 1 heterocycles. The number of ketones is 1. The number of carbonyl (C=O) groups excluding carboxylic acids is 1. The van der Waals surface area contributed by atoms with E-state index in [0.29, 0.717) is 24.3 Å². The second kappa shape index (κ2) is 6.00. The first-order valence-electron chi connectivity index (χ1n) is 7.29. The highest BCUT2D eigenvalue weighted by atomic mass is 16.5. The van der Waals surface area contributed by atoms with Crippen LogP contribution in [0.1, 0.15) is 41.8 Å². The summed E-state index contributed by atoms with van der Waals surface area (Å²) >= 11 is 0. The van der Waals surface area contributed by atoms with Gasteiger partial charge >= 0.3 is 0 Å². The highest BCUT2D eigenvalue weighted by Gasteiger charge is 2.27. The van der Waals surface area contributed by atoms with Crippen molar-refractivity contribution in [2.75, 3.05) is 6.61 Å². The molecule has 0 radical (unpaired) electrons. The number of fused-ring (bicyclic) bond motifs is 1. The van der Waals surface area contributed by atoms with Gasteiger partial charge in [-0.25, -0.2) is 0 Å². The first-order chi connectivity index (χ1) is 10.3. The molecule has 108 valence electrons. The molecule has 2 aromatic rings. The molecule has 0 aromatic heterocycles. The lowest BCUT2D eigenvalue weighted by Crippen LogP contribution is -2.20. The van der Waals surface area contributed by atoms with E-state index in [-0.39, 0.29) is 11.9 Å². The molecule has 0 fully saturated rings. The summed E-state index contributed by atoms with van der Waals surface area (Å²) in [6, 6.07) is 15.2. The predicted octanol–water partition coefficient (Wildman–Crippen LogP) is 4.18. The third-order valence-electron chi connectivity index (χ3n) is 3.55. The Morgan fingerprint density at radius 1 is 1.14 bits per heavy atom. The Balaban J connectivity index is 1.78. The van der Waals surface area contributed by atoms with Crippen molar-refractivity contribution in [3.8, 4) is 11.5 Å². The van der Waals surface area contributed by atoms with Gasteiger partial charge in [-0.05, 0) is 36.2 Å². The molecule has 0 amide bonds. The highest BCUT2D eigenvalue weighted by Crippen LogP contribution is 2.35. The normalized spacial score (nSPS) is 17.0. The third-order valence-corrected chi connectivity index (χ3v) is 3.55. The van der Waals surface area contributed by atoms with Gasteiger partial charge in [-0.15, -0.1) is 0 Å². The molecule has 0 spiro atoms. The lowest BCUT2D eigenvalue weighted by molar-refractivity contribution is 0.0850.